The van der Waals surface area contributed by atoms with Crippen molar-refractivity contribution in [3.05, 3.63) is 74.4 Å². The minimum atomic E-state index is 0.379. The highest BCUT2D eigenvalue weighted by atomic mass is 35.5. The molecule has 0 aliphatic carbocycles. The Morgan fingerprint density at radius 1 is 1.00 bits per heavy atom. The van der Waals surface area contributed by atoms with Crippen LogP contribution in [0.3, 0.4) is 0 Å². The summed E-state index contributed by atoms with van der Waals surface area (Å²) in [5.41, 5.74) is 2.18. The number of hydrogen-bond donors (Lipinski definition) is 2. The third-order valence-electron chi connectivity index (χ3n) is 3.45. The predicted molar refractivity (Wildman–Crippen MR) is 114 cm³/mol. The van der Waals surface area contributed by atoms with Crippen molar-refractivity contribution in [2.24, 2.45) is 0 Å². The molecule has 0 bridgehead atoms. The number of hydrogen-bond acceptors (Lipinski definition) is 2. The lowest BCUT2D eigenvalue weighted by molar-refractivity contribution is 0.687. The summed E-state index contributed by atoms with van der Waals surface area (Å²) in [6.07, 6.45) is 3.46. The molecule has 9 heteroatoms. The molecular weight excluding hydrogens is 434 g/mol. The molecular formula is C17H12Cl4N4S. The molecule has 0 spiro atoms. The van der Waals surface area contributed by atoms with Crippen molar-refractivity contribution in [1.82, 2.24) is 9.78 Å². The lowest BCUT2D eigenvalue weighted by atomic mass is 10.2. The van der Waals surface area contributed by atoms with Crippen molar-refractivity contribution in [2.75, 3.05) is 10.6 Å². The molecule has 1 heterocycles. The van der Waals surface area contributed by atoms with Crippen LogP contribution in [0.25, 0.3) is 0 Å². The third-order valence-corrected chi connectivity index (χ3v) is 4.91. The number of halogens is 4. The third kappa shape index (κ3) is 4.81. The Morgan fingerprint density at radius 2 is 1.73 bits per heavy atom. The molecule has 0 amide bonds. The van der Waals surface area contributed by atoms with Gasteiger partial charge in [0, 0.05) is 26.8 Å². The molecule has 2 aromatic carbocycles. The van der Waals surface area contributed by atoms with Gasteiger partial charge >= 0.3 is 0 Å². The van der Waals surface area contributed by atoms with Gasteiger partial charge in [-0.15, -0.1) is 0 Å². The Bertz CT molecular complexity index is 937. The number of aromatic nitrogens is 2. The van der Waals surface area contributed by atoms with Crippen LogP contribution in [0.4, 0.5) is 11.4 Å². The molecule has 134 valence electrons. The van der Waals surface area contributed by atoms with Crippen molar-refractivity contribution in [3.8, 4) is 0 Å². The molecule has 3 rings (SSSR count). The van der Waals surface area contributed by atoms with Gasteiger partial charge in [0.2, 0.25) is 0 Å². The number of nitrogens with zero attached hydrogens (tertiary/aromatic N) is 2. The summed E-state index contributed by atoms with van der Waals surface area (Å²) in [5, 5.41) is 12.9. The quantitative estimate of drug-likeness (QED) is 0.458. The molecule has 0 aliphatic rings. The summed E-state index contributed by atoms with van der Waals surface area (Å²) in [6, 6.07) is 10.5. The topological polar surface area (TPSA) is 41.9 Å². The van der Waals surface area contributed by atoms with E-state index in [1.807, 2.05) is 0 Å². The van der Waals surface area contributed by atoms with Crippen molar-refractivity contribution in [3.63, 3.8) is 0 Å². The van der Waals surface area contributed by atoms with Gasteiger partial charge in [0.25, 0.3) is 0 Å². The highest BCUT2D eigenvalue weighted by Crippen LogP contribution is 2.26. The summed E-state index contributed by atoms with van der Waals surface area (Å²) >= 11 is 29.7. The second kappa shape index (κ2) is 8.46. The van der Waals surface area contributed by atoms with Gasteiger partial charge in [-0.2, -0.15) is 5.10 Å². The minimum Gasteiger partial charge on any atom is -0.331 e. The summed E-state index contributed by atoms with van der Waals surface area (Å²) in [4.78, 5) is 0. The van der Waals surface area contributed by atoms with E-state index in [0.717, 1.165) is 11.3 Å². The highest BCUT2D eigenvalue weighted by molar-refractivity contribution is 7.80. The zero-order valence-corrected chi connectivity index (χ0v) is 17.0. The lowest BCUT2D eigenvalue weighted by Crippen LogP contribution is -2.19. The van der Waals surface area contributed by atoms with E-state index in [-0.39, 0.29) is 0 Å². The van der Waals surface area contributed by atoms with E-state index in [4.69, 9.17) is 58.6 Å². The van der Waals surface area contributed by atoms with Gasteiger partial charge < -0.3 is 10.6 Å². The monoisotopic (exact) mass is 444 g/mol. The molecule has 0 radical (unpaired) electrons. The van der Waals surface area contributed by atoms with Gasteiger partial charge in [-0.1, -0.05) is 52.5 Å². The van der Waals surface area contributed by atoms with Crippen LogP contribution in [-0.2, 0) is 6.54 Å². The largest absolute Gasteiger partial charge is 0.331 e. The Morgan fingerprint density at radius 3 is 2.42 bits per heavy atom. The van der Waals surface area contributed by atoms with Crippen LogP contribution in [0.1, 0.15) is 5.56 Å². The van der Waals surface area contributed by atoms with Crippen LogP contribution in [0, 0.1) is 0 Å². The summed E-state index contributed by atoms with van der Waals surface area (Å²) in [6.45, 7) is 0.448. The smallest absolute Gasteiger partial charge is 0.175 e. The summed E-state index contributed by atoms with van der Waals surface area (Å²) < 4.78 is 1.72. The Kier molecular flexibility index (Phi) is 6.27. The minimum absolute atomic E-state index is 0.379. The molecule has 0 saturated carbocycles. The average Bonchev–Trinajstić information content (AvgIpc) is 3.01. The SMILES string of the molecule is S=C(Nc1cnn(Cc2c(Cl)cccc2Cl)c1)Nc1ccc(Cl)cc1Cl. The standard InChI is InChI=1S/C17H12Cl4N4S/c18-10-4-5-16(15(21)6-10)24-17(26)23-11-7-22-25(8-11)9-12-13(19)2-1-3-14(12)20/h1-8H,9H2,(H2,23,24,26). The van der Waals surface area contributed by atoms with Crippen molar-refractivity contribution in [1.29, 1.82) is 0 Å². The highest BCUT2D eigenvalue weighted by Gasteiger charge is 2.09. The molecule has 4 nitrogen and oxygen atoms in total. The van der Waals surface area contributed by atoms with Crippen molar-refractivity contribution < 1.29 is 0 Å². The fourth-order valence-electron chi connectivity index (χ4n) is 2.24. The van der Waals surface area contributed by atoms with Crippen molar-refractivity contribution >= 4 is 75.1 Å². The summed E-state index contributed by atoms with van der Waals surface area (Å²) in [5.74, 6) is 0. The predicted octanol–water partition coefficient (Wildman–Crippen LogP) is 6.35. The van der Waals surface area contributed by atoms with Gasteiger partial charge in [-0.05, 0) is 42.5 Å². The van der Waals surface area contributed by atoms with Gasteiger partial charge in [0.15, 0.2) is 5.11 Å². The molecule has 0 saturated heterocycles. The lowest BCUT2D eigenvalue weighted by Gasteiger charge is -2.10. The zero-order valence-electron chi connectivity index (χ0n) is 13.1. The molecule has 1 aromatic heterocycles. The maximum Gasteiger partial charge on any atom is 0.175 e. The first-order valence-electron chi connectivity index (χ1n) is 7.41. The van der Waals surface area contributed by atoms with E-state index in [1.54, 1.807) is 53.5 Å². The van der Waals surface area contributed by atoms with E-state index in [2.05, 4.69) is 15.7 Å². The Balaban J connectivity index is 1.65. The van der Waals surface area contributed by atoms with Gasteiger partial charge in [0.05, 0.1) is 29.1 Å². The maximum atomic E-state index is 6.19. The van der Waals surface area contributed by atoms with Gasteiger partial charge in [-0.3, -0.25) is 4.68 Å². The fraction of sp³-hybridized carbons (Fsp3) is 0.0588. The fourth-order valence-corrected chi connectivity index (χ4v) is 3.44. The van der Waals surface area contributed by atoms with E-state index < -0.39 is 0 Å². The molecule has 0 fully saturated rings. The first-order chi connectivity index (χ1) is 12.4. The maximum absolute atomic E-state index is 6.19. The Labute approximate surface area is 176 Å². The second-order valence-corrected chi connectivity index (χ2v) is 7.40. The number of benzene rings is 2. The molecule has 3 aromatic rings. The average molecular weight is 446 g/mol. The normalized spacial score (nSPS) is 10.6. The van der Waals surface area contributed by atoms with Gasteiger partial charge in [-0.25, -0.2) is 0 Å². The first-order valence-corrected chi connectivity index (χ1v) is 9.33. The number of rotatable bonds is 4. The van der Waals surface area contributed by atoms with Crippen molar-refractivity contribution in [2.45, 2.75) is 6.54 Å². The first kappa shape index (κ1) is 19.3. The number of anilines is 2. The van der Waals surface area contributed by atoms with Crippen LogP contribution >= 0.6 is 58.6 Å². The molecule has 0 unspecified atom stereocenters. The van der Waals surface area contributed by atoms with Crippen LogP contribution in [0.15, 0.2) is 48.8 Å². The number of nitrogens with one attached hydrogen (secondary N) is 2. The van der Waals surface area contributed by atoms with Crippen LogP contribution in [-0.4, -0.2) is 14.9 Å². The molecule has 2 N–H and O–H groups in total. The van der Waals surface area contributed by atoms with Crippen LogP contribution < -0.4 is 10.6 Å². The van der Waals surface area contributed by atoms with Gasteiger partial charge in [0.1, 0.15) is 0 Å². The van der Waals surface area contributed by atoms with Crippen LogP contribution in [0.5, 0.6) is 0 Å². The van der Waals surface area contributed by atoms with E-state index in [0.29, 0.717) is 37.4 Å². The summed E-state index contributed by atoms with van der Waals surface area (Å²) in [7, 11) is 0. The Hall–Kier alpha value is -1.50. The number of thiocarbonyl (C=S) groups is 1. The molecule has 0 atom stereocenters. The van der Waals surface area contributed by atoms with Crippen LogP contribution in [0.2, 0.25) is 20.1 Å². The molecule has 26 heavy (non-hydrogen) atoms. The second-order valence-electron chi connectivity index (χ2n) is 5.33. The van der Waals surface area contributed by atoms with E-state index in [1.165, 1.54) is 0 Å². The van der Waals surface area contributed by atoms with E-state index >= 15 is 0 Å². The van der Waals surface area contributed by atoms with E-state index in [9.17, 15) is 0 Å². The molecule has 0 aliphatic heterocycles. The zero-order chi connectivity index (χ0) is 18.7.